The molecule has 16 heavy (non-hydrogen) atoms. The average Bonchev–Trinajstić information content (AvgIpc) is 2.77. The van der Waals surface area contributed by atoms with Crippen LogP contribution in [0.5, 0.6) is 0 Å². The molecule has 94 valence electrons. The number of nitrogens with one attached hydrogen (secondary N) is 1. The van der Waals surface area contributed by atoms with Crippen LogP contribution in [-0.2, 0) is 9.53 Å². The Hall–Kier alpha value is -0.280. The molecule has 0 aromatic rings. The molecule has 0 saturated carbocycles. The molecule has 1 fully saturated rings. The first-order valence-electron chi connectivity index (χ1n) is 5.96. The van der Waals surface area contributed by atoms with Crippen molar-refractivity contribution in [3.05, 3.63) is 0 Å². The summed E-state index contributed by atoms with van der Waals surface area (Å²) in [4.78, 5) is 11.7. The summed E-state index contributed by atoms with van der Waals surface area (Å²) in [5.74, 6) is 0.883. The molecule has 1 aliphatic rings. The Morgan fingerprint density at radius 2 is 2.31 bits per heavy atom. The van der Waals surface area contributed by atoms with Crippen LogP contribution in [0.3, 0.4) is 0 Å². The molecule has 0 radical (unpaired) electrons. The van der Waals surface area contributed by atoms with Crippen LogP contribution in [0.15, 0.2) is 0 Å². The van der Waals surface area contributed by atoms with Crippen LogP contribution in [0, 0.1) is 11.3 Å². The second-order valence-corrected chi connectivity index (χ2v) is 5.61. The summed E-state index contributed by atoms with van der Waals surface area (Å²) in [5.41, 5.74) is 0.129. The third kappa shape index (κ3) is 4.71. The molecular formula is C12H22ClNO2. The normalized spacial score (nSPS) is 21.1. The second-order valence-electron chi connectivity index (χ2n) is 5.24. The summed E-state index contributed by atoms with van der Waals surface area (Å²) in [6.45, 7) is 6.33. The highest BCUT2D eigenvalue weighted by atomic mass is 35.5. The van der Waals surface area contributed by atoms with E-state index in [0.29, 0.717) is 19.1 Å². The number of amides is 1. The molecule has 3 nitrogen and oxygen atoms in total. The van der Waals surface area contributed by atoms with E-state index < -0.39 is 0 Å². The zero-order valence-corrected chi connectivity index (χ0v) is 11.0. The summed E-state index contributed by atoms with van der Waals surface area (Å²) in [5, 5.41) is 3.01. The number of halogens is 1. The maximum absolute atomic E-state index is 11.7. The Balaban J connectivity index is 2.24. The molecule has 1 unspecified atom stereocenters. The Labute approximate surface area is 103 Å². The van der Waals surface area contributed by atoms with Crippen LogP contribution < -0.4 is 5.32 Å². The van der Waals surface area contributed by atoms with E-state index in [4.69, 9.17) is 16.3 Å². The Bertz CT molecular complexity index is 225. The first-order chi connectivity index (χ1) is 7.55. The highest BCUT2D eigenvalue weighted by Gasteiger charge is 2.25. The summed E-state index contributed by atoms with van der Waals surface area (Å²) in [6.07, 6.45) is 2.89. The molecular weight excluding hydrogens is 226 g/mol. The molecule has 0 spiro atoms. The molecule has 1 aliphatic heterocycles. The van der Waals surface area contributed by atoms with Crippen LogP contribution in [0.25, 0.3) is 0 Å². The summed E-state index contributed by atoms with van der Waals surface area (Å²) in [7, 11) is 0. The van der Waals surface area contributed by atoms with Gasteiger partial charge in [0.05, 0.1) is 12.5 Å². The maximum atomic E-state index is 11.7. The van der Waals surface area contributed by atoms with Crippen LogP contribution in [-0.4, -0.2) is 31.5 Å². The number of carbonyl (C=O) groups excluding carboxylic acids is 1. The number of ether oxygens (including phenoxy) is 1. The zero-order chi connectivity index (χ0) is 12.0. The van der Waals surface area contributed by atoms with E-state index >= 15 is 0 Å². The lowest BCUT2D eigenvalue weighted by molar-refractivity contribution is -0.125. The van der Waals surface area contributed by atoms with Gasteiger partial charge in [-0.25, -0.2) is 0 Å². The van der Waals surface area contributed by atoms with Gasteiger partial charge in [-0.15, -0.1) is 11.6 Å². The third-order valence-corrected chi connectivity index (χ3v) is 3.30. The molecule has 1 saturated heterocycles. The van der Waals surface area contributed by atoms with Crippen LogP contribution in [0.1, 0.15) is 33.1 Å². The Morgan fingerprint density at radius 3 is 2.88 bits per heavy atom. The van der Waals surface area contributed by atoms with Gasteiger partial charge in [0.25, 0.3) is 0 Å². The smallest absolute Gasteiger partial charge is 0.225 e. The third-order valence-electron chi connectivity index (χ3n) is 3.03. The lowest BCUT2D eigenvalue weighted by atomic mass is 9.88. The van der Waals surface area contributed by atoms with Crippen molar-refractivity contribution in [2.45, 2.75) is 33.1 Å². The van der Waals surface area contributed by atoms with Gasteiger partial charge in [-0.2, -0.15) is 0 Å². The fourth-order valence-corrected chi connectivity index (χ4v) is 1.98. The molecule has 1 atom stereocenters. The maximum Gasteiger partial charge on any atom is 0.225 e. The first-order valence-corrected chi connectivity index (χ1v) is 6.50. The van der Waals surface area contributed by atoms with Crippen molar-refractivity contribution in [3.63, 3.8) is 0 Å². The van der Waals surface area contributed by atoms with Crippen molar-refractivity contribution in [1.82, 2.24) is 5.32 Å². The topological polar surface area (TPSA) is 38.3 Å². The minimum Gasteiger partial charge on any atom is -0.381 e. The number of rotatable bonds is 6. The van der Waals surface area contributed by atoms with Gasteiger partial charge in [-0.05, 0) is 24.7 Å². The fraction of sp³-hybridized carbons (Fsp3) is 0.917. The van der Waals surface area contributed by atoms with E-state index in [0.717, 1.165) is 25.8 Å². The van der Waals surface area contributed by atoms with E-state index in [9.17, 15) is 4.79 Å². The van der Waals surface area contributed by atoms with Gasteiger partial charge in [0.2, 0.25) is 5.91 Å². The number of hydrogen-bond donors (Lipinski definition) is 1. The summed E-state index contributed by atoms with van der Waals surface area (Å²) in [6, 6.07) is 0. The summed E-state index contributed by atoms with van der Waals surface area (Å²) < 4.78 is 5.20. The van der Waals surface area contributed by atoms with Crippen molar-refractivity contribution >= 4 is 17.5 Å². The molecule has 0 aromatic carbocycles. The quantitative estimate of drug-likeness (QED) is 0.731. The predicted molar refractivity (Wildman–Crippen MR) is 65.7 cm³/mol. The molecule has 1 N–H and O–H groups in total. The molecule has 1 amide bonds. The highest BCUT2D eigenvalue weighted by Crippen LogP contribution is 2.22. The van der Waals surface area contributed by atoms with Crippen molar-refractivity contribution < 1.29 is 9.53 Å². The molecule has 4 heteroatoms. The Kier molecular flexibility index (Phi) is 5.56. The predicted octanol–water partition coefficient (Wildman–Crippen LogP) is 2.18. The Morgan fingerprint density at radius 1 is 1.56 bits per heavy atom. The van der Waals surface area contributed by atoms with Crippen molar-refractivity contribution in [2.75, 3.05) is 25.6 Å². The standard InChI is InChI=1S/C12H22ClNO2/c1-12(2,5-3-6-13)9-14-11(15)10-4-7-16-8-10/h10H,3-9H2,1-2H3,(H,14,15). The molecule has 0 aromatic heterocycles. The summed E-state index contributed by atoms with van der Waals surface area (Å²) >= 11 is 5.67. The molecule has 0 bridgehead atoms. The molecule has 1 rings (SSSR count). The van der Waals surface area contributed by atoms with Crippen molar-refractivity contribution in [2.24, 2.45) is 11.3 Å². The van der Waals surface area contributed by atoms with E-state index in [1.165, 1.54) is 0 Å². The van der Waals surface area contributed by atoms with E-state index in [1.54, 1.807) is 0 Å². The minimum atomic E-state index is 0.0591. The average molecular weight is 248 g/mol. The van der Waals surface area contributed by atoms with Gasteiger partial charge < -0.3 is 10.1 Å². The molecule has 1 heterocycles. The van der Waals surface area contributed by atoms with E-state index in [-0.39, 0.29) is 17.2 Å². The number of alkyl halides is 1. The van der Waals surface area contributed by atoms with Gasteiger partial charge in [0.1, 0.15) is 0 Å². The monoisotopic (exact) mass is 247 g/mol. The lowest BCUT2D eigenvalue weighted by Gasteiger charge is -2.25. The number of hydrogen-bond acceptors (Lipinski definition) is 2. The lowest BCUT2D eigenvalue weighted by Crippen LogP contribution is -2.38. The second kappa shape index (κ2) is 6.45. The SMILES string of the molecule is CC(C)(CCCCl)CNC(=O)C1CCOC1. The van der Waals surface area contributed by atoms with Crippen molar-refractivity contribution in [1.29, 1.82) is 0 Å². The van der Waals surface area contributed by atoms with Gasteiger partial charge >= 0.3 is 0 Å². The largest absolute Gasteiger partial charge is 0.381 e. The van der Waals surface area contributed by atoms with Crippen LogP contribution >= 0.6 is 11.6 Å². The van der Waals surface area contributed by atoms with Gasteiger partial charge in [-0.1, -0.05) is 13.8 Å². The zero-order valence-electron chi connectivity index (χ0n) is 10.2. The van der Waals surface area contributed by atoms with Gasteiger partial charge in [0.15, 0.2) is 0 Å². The van der Waals surface area contributed by atoms with Gasteiger partial charge in [-0.3, -0.25) is 4.79 Å². The van der Waals surface area contributed by atoms with E-state index in [2.05, 4.69) is 19.2 Å². The fourth-order valence-electron chi connectivity index (χ4n) is 1.85. The minimum absolute atomic E-state index is 0.0591. The van der Waals surface area contributed by atoms with Gasteiger partial charge in [0, 0.05) is 19.0 Å². The first kappa shape index (κ1) is 13.8. The van der Waals surface area contributed by atoms with E-state index in [1.807, 2.05) is 0 Å². The molecule has 0 aliphatic carbocycles. The van der Waals surface area contributed by atoms with Crippen molar-refractivity contribution in [3.8, 4) is 0 Å². The van der Waals surface area contributed by atoms with Crippen LogP contribution in [0.2, 0.25) is 0 Å². The number of carbonyl (C=O) groups is 1. The van der Waals surface area contributed by atoms with Crippen LogP contribution in [0.4, 0.5) is 0 Å². The highest BCUT2D eigenvalue weighted by molar-refractivity contribution is 6.17.